The van der Waals surface area contributed by atoms with Crippen molar-refractivity contribution in [2.75, 3.05) is 13.6 Å². The number of hydrogen-bond acceptors (Lipinski definition) is 2. The second kappa shape index (κ2) is 9.77. The summed E-state index contributed by atoms with van der Waals surface area (Å²) in [5.41, 5.74) is 4.75. The van der Waals surface area contributed by atoms with Crippen LogP contribution >= 0.6 is 11.6 Å². The summed E-state index contributed by atoms with van der Waals surface area (Å²) in [6.07, 6.45) is 4.28. The average Bonchev–Trinajstić information content (AvgIpc) is 3.09. The van der Waals surface area contributed by atoms with Crippen LogP contribution in [-0.2, 0) is 6.42 Å². The molecule has 0 aliphatic heterocycles. The Morgan fingerprint density at radius 3 is 2.72 bits per heavy atom. The van der Waals surface area contributed by atoms with Crippen molar-refractivity contribution in [3.63, 3.8) is 0 Å². The third-order valence-corrected chi connectivity index (χ3v) is 5.35. The zero-order chi connectivity index (χ0) is 20.8. The monoisotopic (exact) mass is 411 g/mol. The van der Waals surface area contributed by atoms with Crippen molar-refractivity contribution in [3.05, 3.63) is 83.8 Å². The molecule has 0 radical (unpaired) electrons. The number of benzene rings is 2. The Balaban J connectivity index is 1.87. The van der Waals surface area contributed by atoms with Crippen molar-refractivity contribution < 1.29 is 4.39 Å². The average molecular weight is 412 g/mol. The van der Waals surface area contributed by atoms with Gasteiger partial charge in [0, 0.05) is 22.8 Å². The molecule has 3 nitrogen and oxygen atoms in total. The van der Waals surface area contributed by atoms with Crippen molar-refractivity contribution in [2.45, 2.75) is 25.3 Å². The maximum absolute atomic E-state index is 14.1. The Morgan fingerprint density at radius 1 is 1.28 bits per heavy atom. The lowest BCUT2D eigenvalue weighted by molar-refractivity contribution is 0.580. The lowest BCUT2D eigenvalue weighted by Gasteiger charge is -2.18. The van der Waals surface area contributed by atoms with Crippen molar-refractivity contribution in [1.29, 1.82) is 0 Å². The van der Waals surface area contributed by atoms with E-state index in [1.54, 1.807) is 6.07 Å². The second-order valence-corrected chi connectivity index (χ2v) is 7.54. The van der Waals surface area contributed by atoms with E-state index in [4.69, 9.17) is 11.6 Å². The zero-order valence-electron chi connectivity index (χ0n) is 16.7. The van der Waals surface area contributed by atoms with Gasteiger partial charge in [-0.2, -0.15) is 0 Å². The molecule has 0 saturated heterocycles. The molecule has 0 amide bonds. The number of nitrogens with one attached hydrogen (secondary N) is 3. The molecular formula is C24H27ClFN3. The highest BCUT2D eigenvalue weighted by Gasteiger charge is 2.17. The van der Waals surface area contributed by atoms with E-state index in [0.29, 0.717) is 11.4 Å². The number of halogens is 2. The van der Waals surface area contributed by atoms with Crippen LogP contribution in [0.4, 0.5) is 4.39 Å². The Labute approximate surface area is 176 Å². The minimum Gasteiger partial charge on any atom is -0.383 e. The SMILES string of the molecule is C=CC(CCNC)NC(=C)CCc1c(-c2ccccc2)[nH]c2c(Cl)cc(F)cc12. The van der Waals surface area contributed by atoms with E-state index in [-0.39, 0.29) is 11.9 Å². The molecule has 3 aromatic rings. The topological polar surface area (TPSA) is 39.8 Å². The first-order valence-electron chi connectivity index (χ1n) is 9.80. The van der Waals surface area contributed by atoms with Crippen LogP contribution in [0, 0.1) is 5.82 Å². The van der Waals surface area contributed by atoms with Crippen LogP contribution in [0.3, 0.4) is 0 Å². The quantitative estimate of drug-likeness (QED) is 0.367. The smallest absolute Gasteiger partial charge is 0.125 e. The van der Waals surface area contributed by atoms with Gasteiger partial charge in [-0.3, -0.25) is 0 Å². The van der Waals surface area contributed by atoms with Crippen molar-refractivity contribution in [2.24, 2.45) is 0 Å². The molecule has 3 N–H and O–H groups in total. The molecule has 5 heteroatoms. The largest absolute Gasteiger partial charge is 0.383 e. The van der Waals surface area contributed by atoms with Gasteiger partial charge >= 0.3 is 0 Å². The molecule has 0 aliphatic rings. The maximum Gasteiger partial charge on any atom is 0.125 e. The summed E-state index contributed by atoms with van der Waals surface area (Å²) in [7, 11) is 1.93. The van der Waals surface area contributed by atoms with Gasteiger partial charge < -0.3 is 15.6 Å². The zero-order valence-corrected chi connectivity index (χ0v) is 17.5. The fraction of sp³-hybridized carbons (Fsp3) is 0.250. The minimum atomic E-state index is -0.335. The van der Waals surface area contributed by atoms with Gasteiger partial charge in [0.2, 0.25) is 0 Å². The Bertz CT molecular complexity index is 994. The third kappa shape index (κ3) is 5.08. The predicted molar refractivity (Wildman–Crippen MR) is 122 cm³/mol. The van der Waals surface area contributed by atoms with Gasteiger partial charge in [0.15, 0.2) is 0 Å². The standard InChI is InChI=1S/C24H27ClFN3/c1-4-19(12-13-27-3)28-16(2)10-11-20-21-14-18(26)15-22(25)24(21)29-23(20)17-8-6-5-7-9-17/h4-9,14-15,19,27-29H,1-2,10-13H2,3H3. The number of aryl methyl sites for hydroxylation is 1. The summed E-state index contributed by atoms with van der Waals surface area (Å²) in [5.74, 6) is -0.335. The molecule has 0 fully saturated rings. The molecule has 1 atom stereocenters. The molecular weight excluding hydrogens is 385 g/mol. The van der Waals surface area contributed by atoms with Crippen molar-refractivity contribution in [1.82, 2.24) is 15.6 Å². The third-order valence-electron chi connectivity index (χ3n) is 5.05. The van der Waals surface area contributed by atoms with Gasteiger partial charge in [0.1, 0.15) is 5.82 Å². The lowest BCUT2D eigenvalue weighted by Crippen LogP contribution is -2.29. The van der Waals surface area contributed by atoms with E-state index >= 15 is 0 Å². The fourth-order valence-electron chi connectivity index (χ4n) is 3.54. The number of H-pyrrole nitrogens is 1. The highest BCUT2D eigenvalue weighted by molar-refractivity contribution is 6.35. The summed E-state index contributed by atoms with van der Waals surface area (Å²) in [5, 5.41) is 7.78. The summed E-state index contributed by atoms with van der Waals surface area (Å²) < 4.78 is 14.1. The normalized spacial score (nSPS) is 12.1. The van der Waals surface area contributed by atoms with Gasteiger partial charge in [-0.1, -0.05) is 54.6 Å². The summed E-state index contributed by atoms with van der Waals surface area (Å²) >= 11 is 6.32. The number of aromatic nitrogens is 1. The van der Waals surface area contributed by atoms with Crippen LogP contribution in [0.2, 0.25) is 5.02 Å². The van der Waals surface area contributed by atoms with Crippen LogP contribution < -0.4 is 10.6 Å². The van der Waals surface area contributed by atoms with Gasteiger partial charge in [0.25, 0.3) is 0 Å². The molecule has 29 heavy (non-hydrogen) atoms. The second-order valence-electron chi connectivity index (χ2n) is 7.14. The number of hydrogen-bond donors (Lipinski definition) is 3. The number of fused-ring (bicyclic) bond motifs is 1. The molecule has 152 valence electrons. The first kappa shape index (κ1) is 21.2. The van der Waals surface area contributed by atoms with Crippen LogP contribution in [-0.4, -0.2) is 24.6 Å². The Kier molecular flexibility index (Phi) is 7.13. The van der Waals surface area contributed by atoms with E-state index in [2.05, 4.69) is 28.8 Å². The van der Waals surface area contributed by atoms with Gasteiger partial charge in [-0.15, -0.1) is 6.58 Å². The van der Waals surface area contributed by atoms with E-state index in [0.717, 1.165) is 52.8 Å². The summed E-state index contributed by atoms with van der Waals surface area (Å²) in [6, 6.07) is 13.1. The number of aromatic amines is 1. The van der Waals surface area contributed by atoms with Crippen LogP contribution in [0.1, 0.15) is 18.4 Å². The van der Waals surface area contributed by atoms with E-state index in [9.17, 15) is 4.39 Å². The minimum absolute atomic E-state index is 0.165. The van der Waals surface area contributed by atoms with Crippen LogP contribution in [0.25, 0.3) is 22.2 Å². The molecule has 0 saturated carbocycles. The molecule has 1 aromatic heterocycles. The van der Waals surface area contributed by atoms with E-state index in [1.807, 2.05) is 43.5 Å². The molecule has 0 aliphatic carbocycles. The van der Waals surface area contributed by atoms with Crippen molar-refractivity contribution in [3.8, 4) is 11.3 Å². The molecule has 0 bridgehead atoms. The Morgan fingerprint density at radius 2 is 2.03 bits per heavy atom. The first-order valence-corrected chi connectivity index (χ1v) is 10.2. The van der Waals surface area contributed by atoms with Crippen LogP contribution in [0.15, 0.2) is 67.4 Å². The van der Waals surface area contributed by atoms with Gasteiger partial charge in [0.05, 0.1) is 10.5 Å². The van der Waals surface area contributed by atoms with Gasteiger partial charge in [-0.05, 0) is 56.1 Å². The molecule has 0 spiro atoms. The van der Waals surface area contributed by atoms with Crippen molar-refractivity contribution >= 4 is 22.5 Å². The molecule has 3 rings (SSSR count). The number of allylic oxidation sites excluding steroid dienone is 1. The Hall–Kier alpha value is -2.56. The lowest BCUT2D eigenvalue weighted by atomic mass is 10.00. The summed E-state index contributed by atoms with van der Waals surface area (Å²) in [4.78, 5) is 3.41. The molecule has 2 aromatic carbocycles. The highest BCUT2D eigenvalue weighted by atomic mass is 35.5. The van der Waals surface area contributed by atoms with Gasteiger partial charge in [-0.25, -0.2) is 4.39 Å². The van der Waals surface area contributed by atoms with E-state index in [1.165, 1.54) is 6.07 Å². The maximum atomic E-state index is 14.1. The molecule has 1 heterocycles. The highest BCUT2D eigenvalue weighted by Crippen LogP contribution is 2.35. The van der Waals surface area contributed by atoms with Crippen LogP contribution in [0.5, 0.6) is 0 Å². The number of rotatable bonds is 10. The fourth-order valence-corrected chi connectivity index (χ4v) is 3.80. The summed E-state index contributed by atoms with van der Waals surface area (Å²) in [6.45, 7) is 8.97. The molecule has 1 unspecified atom stereocenters. The first-order chi connectivity index (χ1) is 14.0. The predicted octanol–water partition coefficient (Wildman–Crippen LogP) is 5.83. The van der Waals surface area contributed by atoms with E-state index < -0.39 is 0 Å².